The van der Waals surface area contributed by atoms with Gasteiger partial charge in [0.2, 0.25) is 5.13 Å². The molecule has 1 aromatic heterocycles. The molecule has 0 saturated carbocycles. The van der Waals surface area contributed by atoms with Gasteiger partial charge in [0.05, 0.1) is 4.92 Å². The van der Waals surface area contributed by atoms with Crippen LogP contribution >= 0.6 is 11.3 Å². The molecule has 15 heteroatoms. The molecule has 2 rings (SSSR count). The number of hydrogen-bond acceptors (Lipinski definition) is 6. The number of carbonyl (C=O) groups is 1. The van der Waals surface area contributed by atoms with Gasteiger partial charge in [-0.3, -0.25) is 20.2 Å². The lowest BCUT2D eigenvalue weighted by Crippen LogP contribution is -2.50. The van der Waals surface area contributed by atoms with Crippen molar-refractivity contribution in [2.45, 2.75) is 18.0 Å². The molecule has 0 radical (unpaired) electrons. The highest BCUT2D eigenvalue weighted by Crippen LogP contribution is 2.52. The predicted octanol–water partition coefficient (Wildman–Crippen LogP) is 3.99. The molecule has 0 saturated heterocycles. The fourth-order valence-electron chi connectivity index (χ4n) is 1.62. The Balaban J connectivity index is 2.20. The minimum atomic E-state index is -6.54. The summed E-state index contributed by atoms with van der Waals surface area (Å²) in [6, 6.07) is 3.92. The van der Waals surface area contributed by atoms with Gasteiger partial charge < -0.3 is 0 Å². The van der Waals surface area contributed by atoms with Gasteiger partial charge in [-0.15, -0.1) is 10.2 Å². The summed E-state index contributed by atoms with van der Waals surface area (Å²) in [5.41, 5.74) is -0.538. The van der Waals surface area contributed by atoms with Crippen molar-refractivity contribution in [3.63, 3.8) is 0 Å². The first-order chi connectivity index (χ1) is 12.3. The summed E-state index contributed by atoms with van der Waals surface area (Å²) in [5.74, 6) is -13.1. The maximum absolute atomic E-state index is 13.5. The highest BCUT2D eigenvalue weighted by molar-refractivity contribution is 7.15. The van der Waals surface area contributed by atoms with E-state index in [2.05, 4.69) is 10.2 Å². The van der Waals surface area contributed by atoms with E-state index < -0.39 is 39.0 Å². The minimum absolute atomic E-state index is 0.190. The van der Waals surface area contributed by atoms with Gasteiger partial charge in [0.25, 0.3) is 11.6 Å². The summed E-state index contributed by atoms with van der Waals surface area (Å²) in [4.78, 5) is 21.6. The molecule has 0 atom stereocenters. The number of halogens is 7. The molecule has 0 bridgehead atoms. The summed E-state index contributed by atoms with van der Waals surface area (Å²) in [5, 5.41) is 15.2. The summed E-state index contributed by atoms with van der Waals surface area (Å²) in [6.45, 7) is 0. The molecular formula is C12H5F7N4O3S. The number of nitrogens with one attached hydrogen (secondary N) is 1. The third-order valence-electron chi connectivity index (χ3n) is 3.00. The number of aromatic nitrogens is 2. The van der Waals surface area contributed by atoms with Crippen LogP contribution in [0.15, 0.2) is 24.3 Å². The standard InChI is InChI=1S/C12H5F7N4O3S/c13-10(14,11(15,16)12(17,18)19)8-21-22-9(27-8)20-7(24)5-1-3-6(4-2-5)23(25)26/h1-4H,(H,20,22,24). The van der Waals surface area contributed by atoms with Crippen LogP contribution in [0.3, 0.4) is 0 Å². The predicted molar refractivity (Wildman–Crippen MR) is 75.9 cm³/mol. The van der Waals surface area contributed by atoms with E-state index in [4.69, 9.17) is 0 Å². The van der Waals surface area contributed by atoms with Crippen molar-refractivity contribution in [1.82, 2.24) is 10.2 Å². The average molecular weight is 418 g/mol. The Morgan fingerprint density at radius 1 is 1.04 bits per heavy atom. The van der Waals surface area contributed by atoms with Gasteiger partial charge in [0, 0.05) is 17.7 Å². The molecule has 0 aliphatic carbocycles. The molecular weight excluding hydrogens is 413 g/mol. The number of non-ortho nitro benzene ring substituents is 1. The number of carbonyl (C=O) groups excluding carboxylic acids is 1. The maximum atomic E-state index is 13.5. The number of hydrogen-bond donors (Lipinski definition) is 1. The molecule has 0 aliphatic rings. The number of benzene rings is 1. The van der Waals surface area contributed by atoms with Crippen LogP contribution < -0.4 is 5.32 Å². The molecule has 0 spiro atoms. The van der Waals surface area contributed by atoms with Crippen LogP contribution in [0.5, 0.6) is 0 Å². The molecule has 1 aromatic carbocycles. The number of amides is 1. The van der Waals surface area contributed by atoms with Crippen LogP contribution in [-0.4, -0.2) is 33.1 Å². The summed E-state index contributed by atoms with van der Waals surface area (Å²) < 4.78 is 89.3. The first kappa shape index (κ1) is 20.5. The highest BCUT2D eigenvalue weighted by atomic mass is 32.1. The summed E-state index contributed by atoms with van der Waals surface area (Å²) in [7, 11) is 0. The summed E-state index contributed by atoms with van der Waals surface area (Å²) in [6.07, 6.45) is -6.54. The largest absolute Gasteiger partial charge is 0.460 e. The van der Waals surface area contributed by atoms with E-state index in [1.807, 2.05) is 5.32 Å². The van der Waals surface area contributed by atoms with Crippen molar-refractivity contribution in [2.75, 3.05) is 5.32 Å². The monoisotopic (exact) mass is 418 g/mol. The van der Waals surface area contributed by atoms with Gasteiger partial charge in [0.1, 0.15) is 0 Å². The Morgan fingerprint density at radius 2 is 1.59 bits per heavy atom. The van der Waals surface area contributed by atoms with Crippen molar-refractivity contribution in [1.29, 1.82) is 0 Å². The van der Waals surface area contributed by atoms with Crippen LogP contribution in [0.25, 0.3) is 0 Å². The third kappa shape index (κ3) is 3.81. The lowest BCUT2D eigenvalue weighted by atomic mass is 10.2. The third-order valence-corrected chi connectivity index (χ3v) is 3.91. The number of rotatable bonds is 5. The van der Waals surface area contributed by atoms with E-state index in [0.29, 0.717) is 0 Å². The second kappa shape index (κ2) is 6.71. The van der Waals surface area contributed by atoms with Crippen LogP contribution in [0.2, 0.25) is 0 Å². The Kier molecular flexibility index (Phi) is 5.09. The van der Waals surface area contributed by atoms with Gasteiger partial charge in [0.15, 0.2) is 5.01 Å². The molecule has 0 fully saturated rings. The van der Waals surface area contributed by atoms with Gasteiger partial charge >= 0.3 is 18.0 Å². The number of anilines is 1. The second-order valence-corrected chi connectivity index (χ2v) is 5.79. The van der Waals surface area contributed by atoms with Gasteiger partial charge in [-0.1, -0.05) is 11.3 Å². The fourth-order valence-corrected chi connectivity index (χ4v) is 2.36. The van der Waals surface area contributed by atoms with Gasteiger partial charge in [-0.05, 0) is 12.1 Å². The molecule has 7 nitrogen and oxygen atoms in total. The zero-order chi connectivity index (χ0) is 20.6. The minimum Gasteiger partial charge on any atom is -0.296 e. The van der Waals surface area contributed by atoms with E-state index in [1.54, 1.807) is 0 Å². The SMILES string of the molecule is O=C(Nc1nnc(C(F)(F)C(F)(F)C(F)(F)F)s1)c1ccc([N+](=O)[O-])cc1. The average Bonchev–Trinajstić information content (AvgIpc) is 3.02. The Morgan fingerprint density at radius 3 is 2.07 bits per heavy atom. The fraction of sp³-hybridized carbons (Fsp3) is 0.250. The van der Waals surface area contributed by atoms with Crippen molar-refractivity contribution in [3.05, 3.63) is 45.0 Å². The zero-order valence-corrected chi connectivity index (χ0v) is 13.2. The van der Waals surface area contributed by atoms with E-state index in [-0.39, 0.29) is 22.6 Å². The topological polar surface area (TPSA) is 98.0 Å². The molecule has 0 aliphatic heterocycles. The molecule has 1 N–H and O–H groups in total. The van der Waals surface area contributed by atoms with Crippen molar-refractivity contribution >= 4 is 28.1 Å². The second-order valence-electron chi connectivity index (χ2n) is 4.82. The van der Waals surface area contributed by atoms with E-state index in [1.165, 1.54) is 0 Å². The van der Waals surface area contributed by atoms with Crippen LogP contribution in [0, 0.1) is 10.1 Å². The normalized spacial score (nSPS) is 12.7. The van der Waals surface area contributed by atoms with E-state index >= 15 is 0 Å². The summed E-state index contributed by atoms with van der Waals surface area (Å²) >= 11 is -0.379. The lowest BCUT2D eigenvalue weighted by molar-refractivity contribution is -0.384. The van der Waals surface area contributed by atoms with Crippen molar-refractivity contribution in [3.8, 4) is 0 Å². The molecule has 0 unspecified atom stereocenters. The Bertz CT molecular complexity index is 867. The maximum Gasteiger partial charge on any atom is 0.460 e. The Labute approximate surface area is 148 Å². The number of alkyl halides is 7. The molecule has 27 heavy (non-hydrogen) atoms. The van der Waals surface area contributed by atoms with Gasteiger partial charge in [-0.25, -0.2) is 0 Å². The van der Waals surface area contributed by atoms with Crippen molar-refractivity contribution < 1.29 is 40.5 Å². The van der Waals surface area contributed by atoms with Crippen molar-refractivity contribution in [2.24, 2.45) is 0 Å². The number of nitro benzene ring substituents is 1. The number of nitrogens with zero attached hydrogens (tertiary/aromatic N) is 3. The van der Waals surface area contributed by atoms with Crippen LogP contribution in [0.1, 0.15) is 15.4 Å². The zero-order valence-electron chi connectivity index (χ0n) is 12.4. The van der Waals surface area contributed by atoms with E-state index in [0.717, 1.165) is 24.3 Å². The molecule has 2 aromatic rings. The lowest BCUT2D eigenvalue weighted by Gasteiger charge is -2.25. The first-order valence-corrected chi connectivity index (χ1v) is 7.31. The molecule has 1 amide bonds. The first-order valence-electron chi connectivity index (χ1n) is 6.49. The van der Waals surface area contributed by atoms with E-state index in [9.17, 15) is 45.6 Å². The highest BCUT2D eigenvalue weighted by Gasteiger charge is 2.75. The Hall–Kier alpha value is -2.84. The molecule has 146 valence electrons. The van der Waals surface area contributed by atoms with Gasteiger partial charge in [-0.2, -0.15) is 30.7 Å². The smallest absolute Gasteiger partial charge is 0.296 e. The van der Waals surface area contributed by atoms with Crippen LogP contribution in [-0.2, 0) is 5.92 Å². The molecule has 1 heterocycles. The number of nitro groups is 1. The quantitative estimate of drug-likeness (QED) is 0.450. The van der Waals surface area contributed by atoms with Crippen LogP contribution in [0.4, 0.5) is 41.6 Å².